The number of ether oxygens (including phenoxy) is 1. The molecule has 4 aliphatic heterocycles. The average Bonchev–Trinajstić information content (AvgIpc) is 4.51. The highest BCUT2D eigenvalue weighted by atomic mass is 32.2. The van der Waals surface area contributed by atoms with E-state index in [0.29, 0.717) is 55.8 Å². The number of benzene rings is 5. The van der Waals surface area contributed by atoms with Crippen LogP contribution in [0.2, 0.25) is 0 Å². The molecule has 5 N–H and O–H groups in total. The molecule has 0 saturated carbocycles. The topological polar surface area (TPSA) is 232 Å². The molecule has 4 aliphatic rings. The van der Waals surface area contributed by atoms with Crippen LogP contribution in [-0.4, -0.2) is 91.3 Å². The zero-order valence-electron chi connectivity index (χ0n) is 42.2. The van der Waals surface area contributed by atoms with Gasteiger partial charge in [0.2, 0.25) is 11.4 Å². The van der Waals surface area contributed by atoms with Gasteiger partial charge in [0.05, 0.1) is 16.1 Å². The van der Waals surface area contributed by atoms with Crippen LogP contribution in [0.1, 0.15) is 61.1 Å². The third-order valence-electron chi connectivity index (χ3n) is 15.1. The molecule has 1 atom stereocenters. The van der Waals surface area contributed by atoms with Gasteiger partial charge in [0, 0.05) is 100 Å². The first-order valence-corrected chi connectivity index (χ1v) is 28.2. The maximum absolute atomic E-state index is 14.3. The Balaban J connectivity index is 0.00000623. The smallest absolute Gasteiger partial charge is 0.412 e. The number of fused-ring (bicyclic) bond motifs is 11. The lowest BCUT2D eigenvalue weighted by atomic mass is 10.1. The zero-order valence-corrected chi connectivity index (χ0v) is 43.9. The van der Waals surface area contributed by atoms with Crippen LogP contribution >= 0.6 is 19.4 Å². The van der Waals surface area contributed by atoms with Crippen molar-refractivity contribution in [1.29, 1.82) is 0 Å². The van der Waals surface area contributed by atoms with Crippen LogP contribution < -0.4 is 39.7 Å². The van der Waals surface area contributed by atoms with Crippen molar-refractivity contribution >= 4 is 122 Å². The van der Waals surface area contributed by atoms with Crippen LogP contribution in [0.5, 0.6) is 0 Å². The van der Waals surface area contributed by atoms with Gasteiger partial charge in [-0.05, 0) is 120 Å². The standard InChI is InChI=1S/C57H49N10O9PS.CH4/c1-63-50-9-5-6-10-51(50)78-53(63)25-32-17-21-64(46-8-4-3-7-33(32)46)31-75-57(72)58-29-52(68)65-22-18-34-38-27-44(61-41(38)11-14-47(34)65)55(70)67-24-20-36-39-28-45(62-42(39)13-16-49(36)67)56(71)66-23-19-35-37-26-43(60-40(37)12-15-48(35)66)54(69)59-30-76-77(2,73)74;/h3-17,21,25-28H,18-20,22-24,29-31H2,1-2H3,(H5-,58,59,60,61,62,69,70,71,72,73,74);1H4. The average molecular weight is 1100 g/mol. The molecule has 8 heterocycles. The highest BCUT2D eigenvalue weighted by Crippen LogP contribution is 2.46. The van der Waals surface area contributed by atoms with E-state index in [9.17, 15) is 33.4 Å². The first-order chi connectivity index (χ1) is 37.7. The van der Waals surface area contributed by atoms with E-state index in [1.54, 1.807) is 32.5 Å². The predicted octanol–water partition coefficient (Wildman–Crippen LogP) is 8.31. The van der Waals surface area contributed by atoms with Crippen LogP contribution in [0.25, 0.3) is 49.7 Å². The van der Waals surface area contributed by atoms with E-state index in [1.165, 1.54) is 4.90 Å². The monoisotopic (exact) mass is 1100 g/mol. The number of H-pyrrole nitrogens is 3. The maximum atomic E-state index is 14.3. The van der Waals surface area contributed by atoms with Crippen LogP contribution in [0.3, 0.4) is 0 Å². The molecule has 4 aromatic heterocycles. The molecule has 5 amide bonds. The summed E-state index contributed by atoms with van der Waals surface area (Å²) in [4.78, 5) is 97.6. The van der Waals surface area contributed by atoms with Gasteiger partial charge >= 0.3 is 6.09 Å². The number of nitrogens with zero attached hydrogens (tertiary/aromatic N) is 5. The molecule has 0 fully saturated rings. The summed E-state index contributed by atoms with van der Waals surface area (Å²) in [5.74, 6) is -1.23. The minimum Gasteiger partial charge on any atom is -0.779 e. The number of alkyl carbamates (subject to hydrolysis) is 1. The van der Waals surface area contributed by atoms with Gasteiger partial charge in [-0.15, -0.1) is 0 Å². The molecule has 0 bridgehead atoms. The third-order valence-corrected chi connectivity index (χ3v) is 16.8. The normalized spacial score (nSPS) is 15.6. The first kappa shape index (κ1) is 51.1. The highest BCUT2D eigenvalue weighted by molar-refractivity contribution is 8.03. The summed E-state index contributed by atoms with van der Waals surface area (Å²) in [7, 11) is -1.95. The summed E-state index contributed by atoms with van der Waals surface area (Å²) in [6.45, 7) is 1.40. The fraction of sp³-hybridized carbons (Fsp3) is 0.207. The minimum absolute atomic E-state index is 0. The summed E-state index contributed by atoms with van der Waals surface area (Å²) in [6, 6.07) is 34.8. The number of amides is 5. The molecule has 0 radical (unpaired) electrons. The van der Waals surface area contributed by atoms with E-state index in [2.05, 4.69) is 60.3 Å². The minimum atomic E-state index is -4.01. The summed E-state index contributed by atoms with van der Waals surface area (Å²) in [5, 5.41) is 9.68. The van der Waals surface area contributed by atoms with Gasteiger partial charge in [-0.1, -0.05) is 43.5 Å². The molecule has 79 heavy (non-hydrogen) atoms. The van der Waals surface area contributed by atoms with E-state index >= 15 is 0 Å². The number of nitrogens with one attached hydrogen (secondary N) is 5. The Labute approximate surface area is 456 Å². The number of carbonyl (C=O) groups excluding carboxylic acids is 5. The molecule has 21 heteroatoms. The number of aromatic amines is 3. The molecule has 5 aromatic carbocycles. The quantitative estimate of drug-likeness (QED) is 0.0470. The number of anilines is 4. The van der Waals surface area contributed by atoms with Crippen molar-refractivity contribution in [2.75, 3.05) is 66.2 Å². The molecular weight excluding hydrogens is 1040 g/mol. The molecule has 0 spiro atoms. The zero-order chi connectivity index (χ0) is 53.6. The fourth-order valence-corrected chi connectivity index (χ4v) is 12.7. The molecule has 9 aromatic rings. The van der Waals surface area contributed by atoms with Gasteiger partial charge in [0.1, 0.15) is 38.0 Å². The van der Waals surface area contributed by atoms with Gasteiger partial charge in [-0.25, -0.2) is 4.79 Å². The Morgan fingerprint density at radius 3 is 1.84 bits per heavy atom. The van der Waals surface area contributed by atoms with Crippen LogP contribution in [0.4, 0.5) is 27.5 Å². The van der Waals surface area contributed by atoms with E-state index in [4.69, 9.17) is 4.74 Å². The number of rotatable bonds is 11. The van der Waals surface area contributed by atoms with E-state index in [0.717, 1.165) is 94.8 Å². The number of para-hydroxylation sites is 2. The number of thioether (sulfide) groups is 1. The largest absolute Gasteiger partial charge is 0.779 e. The van der Waals surface area contributed by atoms with Crippen molar-refractivity contribution in [2.24, 2.45) is 0 Å². The lowest BCUT2D eigenvalue weighted by Crippen LogP contribution is -2.42. The van der Waals surface area contributed by atoms with Crippen molar-refractivity contribution in [1.82, 2.24) is 25.6 Å². The molecule has 1 unspecified atom stereocenters. The molecule has 400 valence electrons. The van der Waals surface area contributed by atoms with Gasteiger partial charge in [0.15, 0.2) is 6.20 Å². The second-order valence-electron chi connectivity index (χ2n) is 19.7. The number of hydrogen-bond donors (Lipinski definition) is 5. The second kappa shape index (κ2) is 20.0. The van der Waals surface area contributed by atoms with Gasteiger partial charge in [-0.2, -0.15) is 4.57 Å². The van der Waals surface area contributed by atoms with Crippen molar-refractivity contribution in [3.8, 4) is 0 Å². The van der Waals surface area contributed by atoms with Gasteiger partial charge in [-0.3, -0.25) is 19.2 Å². The summed E-state index contributed by atoms with van der Waals surface area (Å²) >= 11 is 1.72. The Kier molecular flexibility index (Phi) is 12.9. The van der Waals surface area contributed by atoms with E-state index < -0.39 is 26.3 Å². The van der Waals surface area contributed by atoms with Crippen molar-refractivity contribution in [3.05, 3.63) is 160 Å². The summed E-state index contributed by atoms with van der Waals surface area (Å²) < 4.78 is 23.5. The third kappa shape index (κ3) is 9.15. The SMILES string of the molecule is C.CN1/C(=C/c2cc[n+](COC(=O)NCC(=O)N3CCc4c3ccc3[nH]c(C(=O)N5CCc6c5ccc5[nH]c(C(=O)N7CCc8c7ccc7[nH]c(C(=O)NCOP(C)(=O)[O-])cc87)cc65)cc43)c3ccccc23)Sc2ccccc21. The van der Waals surface area contributed by atoms with E-state index in [1.807, 2.05) is 102 Å². The molecule has 13 rings (SSSR count). The van der Waals surface area contributed by atoms with Crippen molar-refractivity contribution in [2.45, 2.75) is 38.3 Å². The van der Waals surface area contributed by atoms with E-state index in [-0.39, 0.29) is 44.1 Å². The lowest BCUT2D eigenvalue weighted by molar-refractivity contribution is -0.703. The lowest BCUT2D eigenvalue weighted by Gasteiger charge is -2.17. The van der Waals surface area contributed by atoms with Crippen molar-refractivity contribution < 1.29 is 47.3 Å². The highest BCUT2D eigenvalue weighted by Gasteiger charge is 2.34. The number of hydrogen-bond acceptors (Lipinski definition) is 11. The molecular formula is C58H53N10O9PS. The fourth-order valence-electron chi connectivity index (χ4n) is 11.3. The number of aromatic nitrogens is 4. The first-order valence-electron chi connectivity index (χ1n) is 25.4. The van der Waals surface area contributed by atoms with Crippen LogP contribution in [0.15, 0.2) is 125 Å². The van der Waals surface area contributed by atoms with Crippen LogP contribution in [-0.2, 0) is 44.6 Å². The molecule has 0 saturated heterocycles. The molecule has 0 aliphatic carbocycles. The second-order valence-corrected chi connectivity index (χ2v) is 22.5. The summed E-state index contributed by atoms with van der Waals surface area (Å²) in [5.41, 5.74) is 11.4. The number of pyridine rings is 1. The van der Waals surface area contributed by atoms with Crippen molar-refractivity contribution in [3.63, 3.8) is 0 Å². The summed E-state index contributed by atoms with van der Waals surface area (Å²) in [6.07, 6.45) is 5.05. The maximum Gasteiger partial charge on any atom is 0.412 e. The molecule has 19 nitrogen and oxygen atoms in total. The van der Waals surface area contributed by atoms with Gasteiger partial charge < -0.3 is 63.9 Å². The Morgan fingerprint density at radius 2 is 1.23 bits per heavy atom. The van der Waals surface area contributed by atoms with Crippen LogP contribution in [0, 0.1) is 0 Å². The number of carbonyl (C=O) groups is 5. The Hall–Kier alpha value is -8.68. The predicted molar refractivity (Wildman–Crippen MR) is 303 cm³/mol. The Morgan fingerprint density at radius 1 is 0.684 bits per heavy atom. The van der Waals surface area contributed by atoms with Gasteiger partial charge in [0.25, 0.3) is 24.5 Å². The Bertz CT molecular complexity index is 4140.